The molecule has 2 aromatic rings. The number of nitrogens with zero attached hydrogens (tertiary/aromatic N) is 3. The van der Waals surface area contributed by atoms with Crippen molar-refractivity contribution in [1.82, 2.24) is 15.6 Å². The highest BCUT2D eigenvalue weighted by molar-refractivity contribution is 7.11. The first kappa shape index (κ1) is 18.2. The summed E-state index contributed by atoms with van der Waals surface area (Å²) < 4.78 is 13.2. The lowest BCUT2D eigenvalue weighted by Crippen LogP contribution is -2.38. The van der Waals surface area contributed by atoms with E-state index >= 15 is 0 Å². The Hall–Kier alpha value is -2.15. The molecule has 1 heterocycles. The number of hydrogen-bond donors (Lipinski definition) is 2. The Morgan fingerprint density at radius 2 is 2.21 bits per heavy atom. The van der Waals surface area contributed by atoms with Gasteiger partial charge in [-0.3, -0.25) is 4.99 Å². The molecule has 1 aromatic carbocycles. The van der Waals surface area contributed by atoms with Crippen molar-refractivity contribution in [3.8, 4) is 0 Å². The number of guanidine groups is 1. The molecular formula is C17H24FN5S. The minimum absolute atomic E-state index is 0.209. The van der Waals surface area contributed by atoms with Gasteiger partial charge in [0, 0.05) is 43.9 Å². The summed E-state index contributed by atoms with van der Waals surface area (Å²) in [6, 6.07) is 6.64. The van der Waals surface area contributed by atoms with E-state index in [9.17, 15) is 4.39 Å². The molecule has 0 aliphatic heterocycles. The van der Waals surface area contributed by atoms with E-state index in [4.69, 9.17) is 0 Å². The predicted octanol–water partition coefficient (Wildman–Crippen LogP) is 2.78. The fourth-order valence-corrected chi connectivity index (χ4v) is 2.96. The van der Waals surface area contributed by atoms with Crippen LogP contribution in [-0.4, -0.2) is 38.1 Å². The van der Waals surface area contributed by atoms with E-state index in [1.54, 1.807) is 30.5 Å². The molecule has 24 heavy (non-hydrogen) atoms. The lowest BCUT2D eigenvalue weighted by atomic mass is 10.2. The van der Waals surface area contributed by atoms with Crippen molar-refractivity contribution >= 4 is 23.0 Å². The number of anilines is 1. The molecule has 0 aliphatic rings. The van der Waals surface area contributed by atoms with E-state index < -0.39 is 0 Å². The zero-order valence-corrected chi connectivity index (χ0v) is 15.2. The quantitative estimate of drug-likeness (QED) is 0.458. The van der Waals surface area contributed by atoms with Gasteiger partial charge in [-0.2, -0.15) is 0 Å². The summed E-state index contributed by atoms with van der Waals surface area (Å²) in [6.45, 7) is 4.33. The number of aliphatic imine (C=N–C) groups is 1. The maximum atomic E-state index is 13.2. The van der Waals surface area contributed by atoms with Crippen LogP contribution in [0.15, 0.2) is 35.5 Å². The first-order chi connectivity index (χ1) is 11.6. The van der Waals surface area contributed by atoms with Crippen LogP contribution in [0, 0.1) is 12.7 Å². The fraction of sp³-hybridized carbons (Fsp3) is 0.412. The van der Waals surface area contributed by atoms with Crippen molar-refractivity contribution in [3.05, 3.63) is 46.2 Å². The number of nitrogens with one attached hydrogen (secondary N) is 2. The molecule has 0 bridgehead atoms. The lowest BCUT2D eigenvalue weighted by molar-refractivity contribution is 0.626. The van der Waals surface area contributed by atoms with Gasteiger partial charge in [-0.15, -0.1) is 11.3 Å². The van der Waals surface area contributed by atoms with Gasteiger partial charge in [-0.05, 0) is 31.5 Å². The van der Waals surface area contributed by atoms with Crippen molar-refractivity contribution < 1.29 is 4.39 Å². The summed E-state index contributed by atoms with van der Waals surface area (Å²) in [4.78, 5) is 11.8. The predicted molar refractivity (Wildman–Crippen MR) is 99.3 cm³/mol. The van der Waals surface area contributed by atoms with E-state index in [1.165, 1.54) is 10.9 Å². The zero-order chi connectivity index (χ0) is 17.4. The minimum Gasteiger partial charge on any atom is -0.374 e. The molecule has 1 aromatic heterocycles. The largest absolute Gasteiger partial charge is 0.374 e. The van der Waals surface area contributed by atoms with Crippen molar-refractivity contribution in [2.75, 3.05) is 32.1 Å². The molecule has 5 nitrogen and oxygen atoms in total. The molecule has 0 spiro atoms. The normalized spacial score (nSPS) is 11.4. The molecular weight excluding hydrogens is 325 g/mol. The molecule has 0 saturated heterocycles. The third-order valence-electron chi connectivity index (χ3n) is 3.51. The first-order valence-electron chi connectivity index (χ1n) is 7.91. The number of aromatic nitrogens is 1. The zero-order valence-electron chi connectivity index (χ0n) is 14.3. The first-order valence-corrected chi connectivity index (χ1v) is 8.72. The van der Waals surface area contributed by atoms with Gasteiger partial charge in [-0.25, -0.2) is 9.37 Å². The molecule has 0 fully saturated rings. The SMILES string of the molecule is CN=C(NCCCN(C)c1cccc(F)c1)NCc1ncc(C)s1. The van der Waals surface area contributed by atoms with Crippen LogP contribution in [0.3, 0.4) is 0 Å². The molecule has 130 valence electrons. The van der Waals surface area contributed by atoms with Crippen LogP contribution < -0.4 is 15.5 Å². The van der Waals surface area contributed by atoms with Crippen LogP contribution in [0.2, 0.25) is 0 Å². The maximum absolute atomic E-state index is 13.2. The number of thiazole rings is 1. The second-order valence-corrected chi connectivity index (χ2v) is 6.79. The van der Waals surface area contributed by atoms with Gasteiger partial charge in [0.1, 0.15) is 10.8 Å². The molecule has 0 amide bonds. The van der Waals surface area contributed by atoms with Crippen LogP contribution in [0.4, 0.5) is 10.1 Å². The molecule has 2 rings (SSSR count). The van der Waals surface area contributed by atoms with Crippen molar-refractivity contribution in [1.29, 1.82) is 0 Å². The Bertz CT molecular complexity index is 671. The number of hydrogen-bond acceptors (Lipinski definition) is 4. The highest BCUT2D eigenvalue weighted by Crippen LogP contribution is 2.13. The van der Waals surface area contributed by atoms with Crippen LogP contribution in [0.1, 0.15) is 16.3 Å². The molecule has 0 aliphatic carbocycles. The summed E-state index contributed by atoms with van der Waals surface area (Å²) in [5.74, 6) is 0.552. The van der Waals surface area contributed by atoms with Gasteiger partial charge in [-0.1, -0.05) is 6.07 Å². The van der Waals surface area contributed by atoms with E-state index in [1.807, 2.05) is 31.1 Å². The second-order valence-electron chi connectivity index (χ2n) is 5.47. The topological polar surface area (TPSA) is 52.6 Å². The minimum atomic E-state index is -0.209. The Balaban J connectivity index is 1.68. The van der Waals surface area contributed by atoms with Gasteiger partial charge < -0.3 is 15.5 Å². The summed E-state index contributed by atoms with van der Waals surface area (Å²) in [7, 11) is 3.72. The second kappa shape index (κ2) is 9.22. The van der Waals surface area contributed by atoms with Crippen molar-refractivity contribution in [2.24, 2.45) is 4.99 Å². The Kier molecular flexibility index (Phi) is 6.99. The monoisotopic (exact) mass is 349 g/mol. The smallest absolute Gasteiger partial charge is 0.191 e. The molecule has 2 N–H and O–H groups in total. The lowest BCUT2D eigenvalue weighted by Gasteiger charge is -2.19. The molecule has 0 radical (unpaired) electrons. The summed E-state index contributed by atoms with van der Waals surface area (Å²) >= 11 is 1.68. The van der Waals surface area contributed by atoms with Gasteiger partial charge in [0.2, 0.25) is 0 Å². The molecule has 0 saturated carbocycles. The molecule has 7 heteroatoms. The van der Waals surface area contributed by atoms with Crippen LogP contribution in [-0.2, 0) is 6.54 Å². The van der Waals surface area contributed by atoms with Gasteiger partial charge in [0.25, 0.3) is 0 Å². The number of halogens is 1. The Morgan fingerprint density at radius 3 is 2.88 bits per heavy atom. The maximum Gasteiger partial charge on any atom is 0.191 e. The third kappa shape index (κ3) is 5.81. The van der Waals surface area contributed by atoms with Crippen LogP contribution in [0.5, 0.6) is 0 Å². The van der Waals surface area contributed by atoms with Gasteiger partial charge in [0.15, 0.2) is 5.96 Å². The highest BCUT2D eigenvalue weighted by Gasteiger charge is 2.03. The van der Waals surface area contributed by atoms with Crippen LogP contribution in [0.25, 0.3) is 0 Å². The van der Waals surface area contributed by atoms with Crippen LogP contribution >= 0.6 is 11.3 Å². The molecule has 0 atom stereocenters. The van der Waals surface area contributed by atoms with E-state index in [-0.39, 0.29) is 5.82 Å². The van der Waals surface area contributed by atoms with Crippen molar-refractivity contribution in [2.45, 2.75) is 19.9 Å². The van der Waals surface area contributed by atoms with Gasteiger partial charge >= 0.3 is 0 Å². The average molecular weight is 349 g/mol. The summed E-state index contributed by atoms with van der Waals surface area (Å²) in [5.41, 5.74) is 0.886. The van der Waals surface area contributed by atoms with E-state index in [0.29, 0.717) is 6.54 Å². The van der Waals surface area contributed by atoms with E-state index in [2.05, 4.69) is 20.6 Å². The number of aryl methyl sites for hydroxylation is 1. The Labute approximate surface area is 146 Å². The summed E-state index contributed by atoms with van der Waals surface area (Å²) in [6.07, 6.45) is 2.80. The Morgan fingerprint density at radius 1 is 1.38 bits per heavy atom. The van der Waals surface area contributed by atoms with E-state index in [0.717, 1.165) is 36.2 Å². The average Bonchev–Trinajstić information content (AvgIpc) is 2.99. The highest BCUT2D eigenvalue weighted by atomic mass is 32.1. The molecule has 0 unspecified atom stereocenters. The number of rotatable bonds is 7. The fourth-order valence-electron chi connectivity index (χ4n) is 2.23. The summed E-state index contributed by atoms with van der Waals surface area (Å²) in [5, 5.41) is 7.57. The van der Waals surface area contributed by atoms with Crippen molar-refractivity contribution in [3.63, 3.8) is 0 Å². The standard InChI is InChI=1S/C17H24FN5S/c1-13-11-21-16(24-13)12-22-17(19-2)20-8-5-9-23(3)15-7-4-6-14(18)10-15/h4,6-7,10-11H,5,8-9,12H2,1-3H3,(H2,19,20,22). The number of benzene rings is 1. The van der Waals surface area contributed by atoms with Gasteiger partial charge in [0.05, 0.1) is 6.54 Å². The third-order valence-corrected chi connectivity index (χ3v) is 4.42.